The number of para-hydroxylation sites is 6. The van der Waals surface area contributed by atoms with Crippen molar-refractivity contribution in [1.82, 2.24) is 18.3 Å². The number of nitriles is 1. The third-order valence-electron chi connectivity index (χ3n) is 14.2. The summed E-state index contributed by atoms with van der Waals surface area (Å²) < 4.78 is 54.4. The second kappa shape index (κ2) is 14.8. The summed E-state index contributed by atoms with van der Waals surface area (Å²) in [6.07, 6.45) is -4.65. The topological polar surface area (TPSA) is 43.5 Å². The summed E-state index contributed by atoms with van der Waals surface area (Å²) in [6.45, 7) is 0. The fourth-order valence-electron chi connectivity index (χ4n) is 11.4. The number of hydrogen-bond donors (Lipinski definition) is 0. The van der Waals surface area contributed by atoms with Crippen LogP contribution in [-0.2, 0) is 6.18 Å². The number of aromatic nitrogens is 4. The van der Waals surface area contributed by atoms with E-state index in [1.165, 1.54) is 6.07 Å². The molecule has 0 bridgehead atoms. The summed E-state index contributed by atoms with van der Waals surface area (Å²) in [6, 6.07) is 73.9. The van der Waals surface area contributed by atoms with Crippen molar-refractivity contribution < 1.29 is 13.2 Å². The van der Waals surface area contributed by atoms with E-state index in [-0.39, 0.29) is 0 Å². The maximum atomic E-state index is 15.2. The van der Waals surface area contributed by atoms with Crippen LogP contribution < -0.4 is 0 Å². The largest absolute Gasteiger partial charge is 0.416 e. The first-order valence-electron chi connectivity index (χ1n) is 23.2. The highest BCUT2D eigenvalue weighted by atomic mass is 19.4. The van der Waals surface area contributed by atoms with Crippen LogP contribution in [0.4, 0.5) is 13.2 Å². The van der Waals surface area contributed by atoms with Gasteiger partial charge in [-0.05, 0) is 91.0 Å². The predicted octanol–water partition coefficient (Wildman–Crippen LogP) is 16.6. The summed E-state index contributed by atoms with van der Waals surface area (Å²) in [4.78, 5) is 0. The van der Waals surface area contributed by atoms with Crippen molar-refractivity contribution in [1.29, 1.82) is 5.26 Å². The molecule has 330 valence electrons. The Morgan fingerprint density at radius 3 is 1.27 bits per heavy atom. The molecule has 0 saturated carbocycles. The molecular weight excluding hydrogens is 872 g/mol. The van der Waals surface area contributed by atoms with E-state index in [4.69, 9.17) is 0 Å². The molecule has 14 rings (SSSR count). The highest BCUT2D eigenvalue weighted by molar-refractivity contribution is 6.28. The summed E-state index contributed by atoms with van der Waals surface area (Å²) in [7, 11) is 0. The van der Waals surface area contributed by atoms with Gasteiger partial charge in [-0.2, -0.15) is 18.4 Å². The minimum absolute atomic E-state index is 0.339. The van der Waals surface area contributed by atoms with Gasteiger partial charge in [0.05, 0.1) is 72.7 Å². The van der Waals surface area contributed by atoms with E-state index in [0.29, 0.717) is 22.4 Å². The Bertz CT molecular complexity index is 4520. The number of halogens is 3. The zero-order valence-corrected chi connectivity index (χ0v) is 37.2. The lowest BCUT2D eigenvalue weighted by Crippen LogP contribution is -2.08. The molecule has 0 unspecified atom stereocenters. The Hall–Kier alpha value is -9.32. The van der Waals surface area contributed by atoms with E-state index in [2.05, 4.69) is 117 Å². The van der Waals surface area contributed by atoms with Gasteiger partial charge in [-0.15, -0.1) is 0 Å². The lowest BCUT2D eigenvalue weighted by Gasteiger charge is -2.20. The second-order valence-corrected chi connectivity index (χ2v) is 17.9. The SMILES string of the molecule is N#Cc1ccc(-n2c3ccccc3c3c2ccc2c4ccccc4n(-c4ccccc4)c23)c(-c2ccc(C(F)(F)F)cc2-n2c3ccccc3c3c2ccc2c4ccccc4n(-c4ccccc4)c23)c1. The molecule has 10 aromatic carbocycles. The van der Waals surface area contributed by atoms with Crippen molar-refractivity contribution in [3.63, 3.8) is 0 Å². The highest BCUT2D eigenvalue weighted by Gasteiger charge is 2.33. The average Bonchev–Trinajstić information content (AvgIpc) is 4.13. The summed E-state index contributed by atoms with van der Waals surface area (Å²) >= 11 is 0. The Morgan fingerprint density at radius 1 is 0.343 bits per heavy atom. The van der Waals surface area contributed by atoms with Crippen molar-refractivity contribution in [2.45, 2.75) is 6.18 Å². The molecule has 0 radical (unpaired) electrons. The van der Waals surface area contributed by atoms with Crippen LogP contribution in [0.1, 0.15) is 11.1 Å². The number of benzene rings is 10. The van der Waals surface area contributed by atoms with Gasteiger partial charge in [0.15, 0.2) is 0 Å². The van der Waals surface area contributed by atoms with Crippen molar-refractivity contribution >= 4 is 87.2 Å². The zero-order valence-electron chi connectivity index (χ0n) is 37.2. The fourth-order valence-corrected chi connectivity index (χ4v) is 11.4. The van der Waals surface area contributed by atoms with Crippen LogP contribution >= 0.6 is 0 Å². The van der Waals surface area contributed by atoms with Gasteiger partial charge in [-0.25, -0.2) is 0 Å². The van der Waals surface area contributed by atoms with E-state index < -0.39 is 11.7 Å². The molecule has 0 aliphatic heterocycles. The Morgan fingerprint density at radius 2 is 0.786 bits per heavy atom. The Labute approximate surface area is 397 Å². The fraction of sp³-hybridized carbons (Fsp3) is 0.0161. The molecule has 0 aliphatic rings. The number of hydrogen-bond acceptors (Lipinski definition) is 1. The second-order valence-electron chi connectivity index (χ2n) is 17.9. The van der Waals surface area contributed by atoms with Gasteiger partial charge in [-0.3, -0.25) is 0 Å². The first-order chi connectivity index (χ1) is 34.4. The van der Waals surface area contributed by atoms with E-state index in [1.807, 2.05) is 102 Å². The molecule has 8 heteroatoms. The Kier molecular flexibility index (Phi) is 8.44. The van der Waals surface area contributed by atoms with Gasteiger partial charge >= 0.3 is 6.18 Å². The smallest absolute Gasteiger partial charge is 0.309 e. The molecule has 14 aromatic rings. The number of rotatable bonds is 5. The van der Waals surface area contributed by atoms with Crippen LogP contribution in [-0.4, -0.2) is 18.3 Å². The van der Waals surface area contributed by atoms with Gasteiger partial charge in [0.25, 0.3) is 0 Å². The van der Waals surface area contributed by atoms with E-state index in [9.17, 15) is 5.26 Å². The van der Waals surface area contributed by atoms with Crippen molar-refractivity contribution in [2.24, 2.45) is 0 Å². The molecule has 70 heavy (non-hydrogen) atoms. The zero-order chi connectivity index (χ0) is 46.8. The predicted molar refractivity (Wildman–Crippen MR) is 279 cm³/mol. The third-order valence-corrected chi connectivity index (χ3v) is 14.2. The van der Waals surface area contributed by atoms with E-state index >= 15 is 13.2 Å². The van der Waals surface area contributed by atoms with Crippen LogP contribution in [0.25, 0.3) is 121 Å². The van der Waals surface area contributed by atoms with Crippen LogP contribution in [0.15, 0.2) is 218 Å². The van der Waals surface area contributed by atoms with Crippen molar-refractivity contribution in [2.75, 3.05) is 0 Å². The molecule has 0 amide bonds. The molecular formula is C62H36F3N5. The maximum Gasteiger partial charge on any atom is 0.416 e. The first kappa shape index (κ1) is 39.8. The summed E-state index contributed by atoms with van der Waals surface area (Å²) in [5.41, 5.74) is 11.3. The van der Waals surface area contributed by atoms with Crippen LogP contribution in [0, 0.1) is 11.3 Å². The average molecular weight is 908 g/mol. The standard InChI is InChI=1S/C62H36F3N5/c63-62(64,65)39-28-29-44(57(36-39)70-53-26-14-10-22-48(53)59-56(70)34-31-46-43-20-8-12-24-51(43)68(61(46)59)41-17-5-2-6-18-41)49-35-38(37-66)27-32-54(49)69-52-25-13-9-21-47(52)58-55(69)33-30-45-42-19-7-11-23-50(42)67(60(45)58)40-15-3-1-4-16-40/h1-36H. The monoisotopic (exact) mass is 907 g/mol. The minimum atomic E-state index is -4.65. The molecule has 4 aromatic heterocycles. The lowest BCUT2D eigenvalue weighted by atomic mass is 9.97. The maximum absolute atomic E-state index is 15.2. The van der Waals surface area contributed by atoms with Gasteiger partial charge in [0.1, 0.15) is 0 Å². The van der Waals surface area contributed by atoms with E-state index in [0.717, 1.165) is 110 Å². The third kappa shape index (κ3) is 5.60. The highest BCUT2D eigenvalue weighted by Crippen LogP contribution is 2.47. The lowest BCUT2D eigenvalue weighted by molar-refractivity contribution is -0.137. The molecule has 5 nitrogen and oxygen atoms in total. The quantitative estimate of drug-likeness (QED) is 0.170. The van der Waals surface area contributed by atoms with Gasteiger partial charge in [0, 0.05) is 65.6 Å². The molecule has 4 heterocycles. The molecule has 0 aliphatic carbocycles. The van der Waals surface area contributed by atoms with Crippen molar-refractivity contribution in [3.05, 3.63) is 230 Å². The van der Waals surface area contributed by atoms with Crippen LogP contribution in [0.5, 0.6) is 0 Å². The molecule has 0 atom stereocenters. The van der Waals surface area contributed by atoms with Crippen molar-refractivity contribution in [3.8, 4) is 39.9 Å². The van der Waals surface area contributed by atoms with Gasteiger partial charge < -0.3 is 18.3 Å². The van der Waals surface area contributed by atoms with Gasteiger partial charge in [-0.1, -0.05) is 127 Å². The Balaban J connectivity index is 1.11. The normalized spacial score (nSPS) is 12.2. The number of nitrogens with zero attached hydrogens (tertiary/aromatic N) is 5. The molecule has 0 spiro atoms. The van der Waals surface area contributed by atoms with Crippen LogP contribution in [0.3, 0.4) is 0 Å². The number of fused-ring (bicyclic) bond motifs is 14. The molecule has 0 fully saturated rings. The van der Waals surface area contributed by atoms with Gasteiger partial charge in [0.2, 0.25) is 0 Å². The van der Waals surface area contributed by atoms with E-state index in [1.54, 1.807) is 12.1 Å². The number of alkyl halides is 3. The summed E-state index contributed by atoms with van der Waals surface area (Å²) in [5.74, 6) is 0. The molecule has 0 saturated heterocycles. The minimum Gasteiger partial charge on any atom is -0.309 e. The first-order valence-corrected chi connectivity index (χ1v) is 23.2. The molecule has 0 N–H and O–H groups in total. The summed E-state index contributed by atoms with van der Waals surface area (Å²) in [5, 5.41) is 18.8. The van der Waals surface area contributed by atoms with Crippen LogP contribution in [0.2, 0.25) is 0 Å².